The van der Waals surface area contributed by atoms with Crippen LogP contribution in [0.3, 0.4) is 0 Å². The molecule has 0 radical (unpaired) electrons. The van der Waals surface area contributed by atoms with E-state index in [4.69, 9.17) is 4.74 Å². The van der Waals surface area contributed by atoms with Gasteiger partial charge in [-0.05, 0) is 25.2 Å². The van der Waals surface area contributed by atoms with Crippen molar-refractivity contribution in [3.63, 3.8) is 0 Å². The fourth-order valence-electron chi connectivity index (χ4n) is 2.91. The van der Waals surface area contributed by atoms with Crippen LogP contribution in [0.5, 0.6) is 0 Å². The number of hydrogen-bond acceptors (Lipinski definition) is 4. The van der Waals surface area contributed by atoms with Gasteiger partial charge in [-0.1, -0.05) is 20.8 Å². The van der Waals surface area contributed by atoms with Gasteiger partial charge in [-0.2, -0.15) is 0 Å². The van der Waals surface area contributed by atoms with Crippen molar-refractivity contribution in [1.29, 1.82) is 0 Å². The average molecular weight is 464 g/mol. The van der Waals surface area contributed by atoms with Crippen LogP contribution in [-0.2, 0) is 24.2 Å². The normalized spacial score (nSPS) is 16.0. The zero-order chi connectivity index (χ0) is 17.6. The van der Waals surface area contributed by atoms with Crippen LogP contribution in [0.25, 0.3) is 0 Å². The second-order valence-corrected chi connectivity index (χ2v) is 7.31. The van der Waals surface area contributed by atoms with E-state index in [9.17, 15) is 0 Å². The summed E-state index contributed by atoms with van der Waals surface area (Å²) < 4.78 is 7.81. The number of methoxy groups -OCH3 is 1. The molecular weight excluding hydrogens is 431 g/mol. The molecule has 2 N–H and O–H groups in total. The summed E-state index contributed by atoms with van der Waals surface area (Å²) in [4.78, 5) is 4.67. The minimum Gasteiger partial charge on any atom is -0.379 e. The van der Waals surface area contributed by atoms with E-state index in [1.165, 1.54) is 12.8 Å². The maximum Gasteiger partial charge on any atom is 0.191 e. The Morgan fingerprint density at radius 3 is 2.68 bits per heavy atom. The Morgan fingerprint density at radius 1 is 1.28 bits per heavy atom. The topological polar surface area (TPSA) is 76.4 Å². The van der Waals surface area contributed by atoms with Gasteiger partial charge in [-0.3, -0.25) is 0 Å². The van der Waals surface area contributed by atoms with Gasteiger partial charge in [0.2, 0.25) is 0 Å². The van der Waals surface area contributed by atoms with Crippen molar-refractivity contribution in [2.24, 2.45) is 10.4 Å². The van der Waals surface area contributed by atoms with Crippen LogP contribution in [0.4, 0.5) is 0 Å². The highest BCUT2D eigenvalue weighted by Crippen LogP contribution is 2.21. The molecule has 0 saturated carbocycles. The lowest BCUT2D eigenvalue weighted by Gasteiger charge is -2.30. The third-order valence-corrected chi connectivity index (χ3v) is 4.36. The molecule has 0 bridgehead atoms. The van der Waals surface area contributed by atoms with Gasteiger partial charge in [-0.25, -0.2) is 4.99 Å². The summed E-state index contributed by atoms with van der Waals surface area (Å²) in [5.74, 6) is 2.83. The largest absolute Gasteiger partial charge is 0.379 e. The highest BCUT2D eigenvalue weighted by atomic mass is 127. The summed E-state index contributed by atoms with van der Waals surface area (Å²) in [5.41, 5.74) is 0.0746. The molecule has 1 aliphatic rings. The SMILES string of the molecule is CCNC(=NCc1nnc2n1CCCC2)NCC(OC)C(C)(C)C.I. The number of hydrogen-bond donors (Lipinski definition) is 2. The number of nitrogens with one attached hydrogen (secondary N) is 2. The van der Waals surface area contributed by atoms with Gasteiger partial charge in [0.1, 0.15) is 12.4 Å². The van der Waals surface area contributed by atoms with Crippen molar-refractivity contribution in [1.82, 2.24) is 25.4 Å². The molecule has 25 heavy (non-hydrogen) atoms. The van der Waals surface area contributed by atoms with Crippen LogP contribution in [0.2, 0.25) is 0 Å². The van der Waals surface area contributed by atoms with Gasteiger partial charge in [0.05, 0.1) is 6.10 Å². The predicted octanol–water partition coefficient (Wildman–Crippen LogP) is 2.35. The molecule has 0 fully saturated rings. The first-order chi connectivity index (χ1) is 11.5. The van der Waals surface area contributed by atoms with Gasteiger partial charge in [0, 0.05) is 33.2 Å². The Morgan fingerprint density at radius 2 is 2.04 bits per heavy atom. The lowest BCUT2D eigenvalue weighted by molar-refractivity contribution is 0.0205. The van der Waals surface area contributed by atoms with Crippen molar-refractivity contribution < 1.29 is 4.74 Å². The number of halogens is 1. The highest BCUT2D eigenvalue weighted by Gasteiger charge is 2.24. The molecule has 1 unspecified atom stereocenters. The fraction of sp³-hybridized carbons (Fsp3) is 0.824. The number of ether oxygens (including phenoxy) is 1. The first kappa shape index (κ1) is 22.1. The standard InChI is InChI=1S/C17H32N6O.HI/c1-6-18-16(19-11-13(24-5)17(2,3)4)20-12-15-22-21-14-9-7-8-10-23(14)15;/h13H,6-12H2,1-5H3,(H2,18,19,20);1H. The summed E-state index contributed by atoms with van der Waals surface area (Å²) in [7, 11) is 1.75. The first-order valence-corrected chi connectivity index (χ1v) is 8.91. The molecule has 0 aromatic carbocycles. The van der Waals surface area contributed by atoms with Crippen molar-refractivity contribution >= 4 is 29.9 Å². The Bertz CT molecular complexity index is 552. The van der Waals surface area contributed by atoms with E-state index in [0.717, 1.165) is 37.1 Å². The summed E-state index contributed by atoms with van der Waals surface area (Å²) in [5, 5.41) is 15.2. The summed E-state index contributed by atoms with van der Waals surface area (Å²) in [6, 6.07) is 0. The quantitative estimate of drug-likeness (QED) is 0.384. The second-order valence-electron chi connectivity index (χ2n) is 7.31. The molecule has 1 aromatic heterocycles. The summed E-state index contributed by atoms with van der Waals surface area (Å²) in [6.45, 7) is 11.7. The molecule has 1 aliphatic heterocycles. The minimum atomic E-state index is 0. The minimum absolute atomic E-state index is 0. The van der Waals surface area contributed by atoms with E-state index in [2.05, 4.69) is 58.1 Å². The Kier molecular flexibility index (Phi) is 9.12. The van der Waals surface area contributed by atoms with Crippen molar-refractivity contribution in [2.45, 2.75) is 66.2 Å². The van der Waals surface area contributed by atoms with Crippen molar-refractivity contribution in [3.8, 4) is 0 Å². The van der Waals surface area contributed by atoms with Gasteiger partial charge in [-0.15, -0.1) is 34.2 Å². The highest BCUT2D eigenvalue weighted by molar-refractivity contribution is 14.0. The molecule has 1 atom stereocenters. The van der Waals surface area contributed by atoms with E-state index >= 15 is 0 Å². The zero-order valence-corrected chi connectivity index (χ0v) is 18.5. The smallest absolute Gasteiger partial charge is 0.191 e. The number of aliphatic imine (C=N–C) groups is 1. The average Bonchev–Trinajstić information content (AvgIpc) is 2.95. The predicted molar refractivity (Wildman–Crippen MR) is 111 cm³/mol. The third kappa shape index (κ3) is 6.40. The molecular formula is C17H33IN6O. The zero-order valence-electron chi connectivity index (χ0n) is 16.1. The number of fused-ring (bicyclic) bond motifs is 1. The molecule has 144 valence electrons. The maximum absolute atomic E-state index is 5.60. The van der Waals surface area contributed by atoms with E-state index < -0.39 is 0 Å². The van der Waals surface area contributed by atoms with Gasteiger partial charge < -0.3 is 19.9 Å². The Hall–Kier alpha value is -0.900. The molecule has 2 rings (SSSR count). The van der Waals surface area contributed by atoms with E-state index in [1.54, 1.807) is 7.11 Å². The number of nitrogens with zero attached hydrogens (tertiary/aromatic N) is 4. The van der Waals surface area contributed by atoms with Crippen LogP contribution >= 0.6 is 24.0 Å². The van der Waals surface area contributed by atoms with Gasteiger partial charge in [0.25, 0.3) is 0 Å². The van der Waals surface area contributed by atoms with E-state index in [0.29, 0.717) is 13.1 Å². The lowest BCUT2D eigenvalue weighted by Crippen LogP contribution is -2.45. The second kappa shape index (κ2) is 10.3. The molecule has 0 aliphatic carbocycles. The third-order valence-electron chi connectivity index (χ3n) is 4.36. The Balaban J connectivity index is 0.00000312. The number of aromatic nitrogens is 3. The van der Waals surface area contributed by atoms with Crippen molar-refractivity contribution in [3.05, 3.63) is 11.6 Å². The van der Waals surface area contributed by atoms with Crippen molar-refractivity contribution in [2.75, 3.05) is 20.2 Å². The molecule has 2 heterocycles. The van der Waals surface area contributed by atoms with Gasteiger partial charge >= 0.3 is 0 Å². The number of aryl methyl sites for hydroxylation is 1. The summed E-state index contributed by atoms with van der Waals surface area (Å²) >= 11 is 0. The molecule has 8 heteroatoms. The fourth-order valence-corrected chi connectivity index (χ4v) is 2.91. The monoisotopic (exact) mass is 464 g/mol. The van der Waals surface area contributed by atoms with Crippen LogP contribution in [0, 0.1) is 5.41 Å². The Labute approximate surface area is 168 Å². The van der Waals surface area contributed by atoms with E-state index in [-0.39, 0.29) is 35.5 Å². The van der Waals surface area contributed by atoms with Crippen LogP contribution in [-0.4, -0.2) is 47.0 Å². The maximum atomic E-state index is 5.60. The number of guanidine groups is 1. The van der Waals surface area contributed by atoms with Crippen LogP contribution in [0.15, 0.2) is 4.99 Å². The molecule has 7 nitrogen and oxygen atoms in total. The van der Waals surface area contributed by atoms with Crippen LogP contribution in [0.1, 0.15) is 52.2 Å². The van der Waals surface area contributed by atoms with E-state index in [1.807, 2.05) is 0 Å². The van der Waals surface area contributed by atoms with Crippen LogP contribution < -0.4 is 10.6 Å². The molecule has 0 spiro atoms. The summed E-state index contributed by atoms with van der Waals surface area (Å²) in [6.07, 6.45) is 3.54. The van der Waals surface area contributed by atoms with Gasteiger partial charge in [0.15, 0.2) is 11.8 Å². The number of rotatable bonds is 6. The lowest BCUT2D eigenvalue weighted by atomic mass is 9.89. The molecule has 0 amide bonds. The molecule has 0 saturated heterocycles. The first-order valence-electron chi connectivity index (χ1n) is 8.91. The molecule has 1 aromatic rings.